The first-order valence-electron chi connectivity index (χ1n) is 6.02. The lowest BCUT2D eigenvalue weighted by molar-refractivity contribution is 0.602. The Morgan fingerprint density at radius 3 is 2.82 bits per heavy atom. The third-order valence-corrected chi connectivity index (χ3v) is 2.99. The van der Waals surface area contributed by atoms with Crippen molar-refractivity contribution in [1.82, 2.24) is 4.57 Å². The minimum Gasteiger partial charge on any atom is -0.330 e. The molecule has 3 heteroatoms. The molecule has 0 radical (unpaired) electrons. The summed E-state index contributed by atoms with van der Waals surface area (Å²) in [6.45, 7) is 3.47. The lowest BCUT2D eigenvalue weighted by Gasteiger charge is -2.07. The molecule has 1 heterocycles. The molecule has 0 atom stereocenters. The van der Waals surface area contributed by atoms with Crippen LogP contribution < -0.4 is 11.3 Å². The zero-order valence-corrected chi connectivity index (χ0v) is 10.1. The summed E-state index contributed by atoms with van der Waals surface area (Å²) in [5, 5.41) is 1.82. The minimum absolute atomic E-state index is 0.0968. The van der Waals surface area contributed by atoms with Crippen LogP contribution in [0, 0.1) is 6.92 Å². The maximum atomic E-state index is 12.2. The van der Waals surface area contributed by atoms with E-state index in [4.69, 9.17) is 5.73 Å². The largest absolute Gasteiger partial charge is 0.330 e. The minimum atomic E-state index is 0.0968. The maximum absolute atomic E-state index is 12.2. The number of nitrogens with zero attached hydrogens (tertiary/aromatic N) is 1. The van der Waals surface area contributed by atoms with E-state index in [2.05, 4.69) is 0 Å². The van der Waals surface area contributed by atoms with Crippen LogP contribution in [0.2, 0.25) is 0 Å². The molecule has 17 heavy (non-hydrogen) atoms. The fraction of sp³-hybridized carbons (Fsp3) is 0.357. The molecule has 0 aliphatic rings. The van der Waals surface area contributed by atoms with Crippen molar-refractivity contribution in [3.8, 4) is 0 Å². The highest BCUT2D eigenvalue weighted by atomic mass is 16.1. The van der Waals surface area contributed by atoms with Crippen molar-refractivity contribution < 1.29 is 0 Å². The highest BCUT2D eigenvalue weighted by molar-refractivity contribution is 5.81. The monoisotopic (exact) mass is 230 g/mol. The second kappa shape index (κ2) is 5.15. The summed E-state index contributed by atoms with van der Waals surface area (Å²) in [5.74, 6) is 0. The molecular formula is C14H18N2O. The molecule has 0 unspecified atom stereocenters. The van der Waals surface area contributed by atoms with Crippen molar-refractivity contribution >= 4 is 10.8 Å². The van der Waals surface area contributed by atoms with Gasteiger partial charge in [0.2, 0.25) is 0 Å². The van der Waals surface area contributed by atoms with Crippen molar-refractivity contribution in [3.05, 3.63) is 46.4 Å². The van der Waals surface area contributed by atoms with Crippen LogP contribution in [0.3, 0.4) is 0 Å². The summed E-state index contributed by atoms with van der Waals surface area (Å²) >= 11 is 0. The van der Waals surface area contributed by atoms with Crippen LogP contribution in [-0.2, 0) is 6.54 Å². The molecule has 2 aromatic rings. The van der Waals surface area contributed by atoms with Crippen LogP contribution >= 0.6 is 0 Å². The highest BCUT2D eigenvalue weighted by Crippen LogP contribution is 2.11. The molecule has 0 aliphatic heterocycles. The van der Waals surface area contributed by atoms with Gasteiger partial charge in [-0.05, 0) is 43.8 Å². The molecule has 0 spiro atoms. The van der Waals surface area contributed by atoms with E-state index < -0.39 is 0 Å². The average Bonchev–Trinajstić information content (AvgIpc) is 2.32. The molecular weight excluding hydrogens is 212 g/mol. The zero-order valence-electron chi connectivity index (χ0n) is 10.1. The summed E-state index contributed by atoms with van der Waals surface area (Å²) < 4.78 is 1.77. The van der Waals surface area contributed by atoms with Gasteiger partial charge in [0.05, 0.1) is 0 Å². The van der Waals surface area contributed by atoms with E-state index in [9.17, 15) is 4.79 Å². The van der Waals surface area contributed by atoms with Crippen LogP contribution in [0.5, 0.6) is 0 Å². The number of pyridine rings is 1. The molecule has 0 bridgehead atoms. The van der Waals surface area contributed by atoms with Crippen molar-refractivity contribution in [2.75, 3.05) is 6.54 Å². The molecule has 3 nitrogen and oxygen atoms in total. The Bertz CT molecular complexity index is 572. The summed E-state index contributed by atoms with van der Waals surface area (Å²) in [6, 6.07) is 7.94. The van der Waals surface area contributed by atoms with Crippen LogP contribution in [0.1, 0.15) is 18.4 Å². The number of nitrogens with two attached hydrogens (primary N) is 1. The van der Waals surface area contributed by atoms with Gasteiger partial charge in [0.25, 0.3) is 5.56 Å². The van der Waals surface area contributed by atoms with Crippen molar-refractivity contribution in [2.45, 2.75) is 26.3 Å². The topological polar surface area (TPSA) is 48.0 Å². The van der Waals surface area contributed by atoms with E-state index in [0.717, 1.165) is 30.2 Å². The van der Waals surface area contributed by atoms with Gasteiger partial charge >= 0.3 is 0 Å². The molecule has 2 rings (SSSR count). The first-order chi connectivity index (χ1) is 8.22. The molecule has 0 saturated heterocycles. The van der Waals surface area contributed by atoms with Crippen LogP contribution in [0.15, 0.2) is 35.3 Å². The third-order valence-electron chi connectivity index (χ3n) is 2.99. The van der Waals surface area contributed by atoms with Crippen LogP contribution in [-0.4, -0.2) is 11.1 Å². The van der Waals surface area contributed by atoms with E-state index in [-0.39, 0.29) is 5.56 Å². The van der Waals surface area contributed by atoms with E-state index in [1.165, 1.54) is 5.56 Å². The van der Waals surface area contributed by atoms with Crippen molar-refractivity contribution in [1.29, 1.82) is 0 Å². The van der Waals surface area contributed by atoms with Crippen molar-refractivity contribution in [2.24, 2.45) is 5.73 Å². The van der Waals surface area contributed by atoms with Gasteiger partial charge in [-0.2, -0.15) is 0 Å². The van der Waals surface area contributed by atoms with Crippen LogP contribution in [0.4, 0.5) is 0 Å². The van der Waals surface area contributed by atoms with Gasteiger partial charge in [-0.25, -0.2) is 0 Å². The number of hydrogen-bond acceptors (Lipinski definition) is 2. The van der Waals surface area contributed by atoms with E-state index in [1.807, 2.05) is 37.4 Å². The Balaban J connectivity index is 2.37. The Hall–Kier alpha value is -1.61. The van der Waals surface area contributed by atoms with Gasteiger partial charge in [-0.1, -0.05) is 17.7 Å². The van der Waals surface area contributed by atoms with Gasteiger partial charge < -0.3 is 10.3 Å². The molecule has 0 saturated carbocycles. The molecule has 2 N–H and O–H groups in total. The zero-order chi connectivity index (χ0) is 12.3. The second-order valence-corrected chi connectivity index (χ2v) is 4.40. The Morgan fingerprint density at radius 1 is 1.24 bits per heavy atom. The van der Waals surface area contributed by atoms with Gasteiger partial charge in [-0.15, -0.1) is 0 Å². The van der Waals surface area contributed by atoms with Gasteiger partial charge in [0.1, 0.15) is 0 Å². The highest BCUT2D eigenvalue weighted by Gasteiger charge is 2.02. The van der Waals surface area contributed by atoms with E-state index in [0.29, 0.717) is 6.54 Å². The predicted octanol–water partition coefficient (Wildman–Crippen LogP) is 2.05. The summed E-state index contributed by atoms with van der Waals surface area (Å²) in [4.78, 5) is 12.2. The van der Waals surface area contributed by atoms with Crippen LogP contribution in [0.25, 0.3) is 10.8 Å². The lowest BCUT2D eigenvalue weighted by Crippen LogP contribution is -2.19. The number of unbranched alkanes of at least 4 members (excludes halogenated alkanes) is 1. The van der Waals surface area contributed by atoms with Gasteiger partial charge in [0, 0.05) is 18.1 Å². The smallest absolute Gasteiger partial charge is 0.258 e. The number of aryl methyl sites for hydroxylation is 2. The van der Waals surface area contributed by atoms with E-state index >= 15 is 0 Å². The third kappa shape index (κ3) is 2.56. The number of rotatable bonds is 4. The molecule has 1 aromatic carbocycles. The predicted molar refractivity (Wildman–Crippen MR) is 71.2 cm³/mol. The molecule has 0 aliphatic carbocycles. The number of fused-ring (bicyclic) bond motifs is 1. The Labute approximate surface area is 101 Å². The first kappa shape index (κ1) is 11.9. The summed E-state index contributed by atoms with van der Waals surface area (Å²) in [6.07, 6.45) is 3.78. The van der Waals surface area contributed by atoms with Crippen molar-refractivity contribution in [3.63, 3.8) is 0 Å². The number of benzene rings is 1. The fourth-order valence-electron chi connectivity index (χ4n) is 2.01. The quantitative estimate of drug-likeness (QED) is 0.817. The average molecular weight is 230 g/mol. The molecule has 0 amide bonds. The normalized spacial score (nSPS) is 10.9. The Morgan fingerprint density at radius 2 is 2.06 bits per heavy atom. The second-order valence-electron chi connectivity index (χ2n) is 4.40. The number of aromatic nitrogens is 1. The molecule has 90 valence electrons. The van der Waals surface area contributed by atoms with Gasteiger partial charge in [-0.3, -0.25) is 4.79 Å². The number of hydrogen-bond donors (Lipinski definition) is 1. The Kier molecular flexibility index (Phi) is 3.59. The molecule has 1 aromatic heterocycles. The SMILES string of the molecule is Cc1ccc2c(=O)n(CCCCN)ccc2c1. The van der Waals surface area contributed by atoms with E-state index in [1.54, 1.807) is 4.57 Å². The standard InChI is InChI=1S/C14H18N2O/c1-11-4-5-13-12(10-11)6-9-16(14(13)17)8-3-2-7-15/h4-6,9-10H,2-3,7-8,15H2,1H3. The summed E-state index contributed by atoms with van der Waals surface area (Å²) in [7, 11) is 0. The summed E-state index contributed by atoms with van der Waals surface area (Å²) in [5.41, 5.74) is 6.73. The fourth-order valence-corrected chi connectivity index (χ4v) is 2.01. The first-order valence-corrected chi connectivity index (χ1v) is 6.02. The van der Waals surface area contributed by atoms with Gasteiger partial charge in [0.15, 0.2) is 0 Å². The maximum Gasteiger partial charge on any atom is 0.258 e. The molecule has 0 fully saturated rings. The lowest BCUT2D eigenvalue weighted by atomic mass is 10.1.